The predicted octanol–water partition coefficient (Wildman–Crippen LogP) is 26.0. The minimum absolute atomic E-state index is 0.0313. The van der Waals surface area contributed by atoms with Gasteiger partial charge >= 0.3 is 0 Å². The molecule has 108 heavy (non-hydrogen) atoms. The Balaban J connectivity index is 0.000000172. The molecule has 12 aromatic carbocycles. The van der Waals surface area contributed by atoms with Crippen LogP contribution in [0.2, 0.25) is 5.02 Å². The predicted molar refractivity (Wildman–Crippen MR) is 461 cm³/mol. The quantitative estimate of drug-likeness (QED) is 0.0998. The Kier molecular flexibility index (Phi) is 19.5. The Labute approximate surface area is 644 Å². The lowest BCUT2D eigenvalue weighted by Crippen LogP contribution is -2.61. The number of fused-ring (bicyclic) bond motifs is 4. The van der Waals surface area contributed by atoms with Gasteiger partial charge in [-0.15, -0.1) is 0 Å². The molecule has 0 fully saturated rings. The molecule has 2 aliphatic rings. The topological polar surface area (TPSA) is 45.2 Å². The van der Waals surface area contributed by atoms with Gasteiger partial charge in [-0.1, -0.05) is 265 Å². The fourth-order valence-electron chi connectivity index (χ4n) is 15.0. The van der Waals surface area contributed by atoms with Crippen molar-refractivity contribution >= 4 is 137 Å². The van der Waals surface area contributed by atoms with E-state index in [2.05, 4.69) is 392 Å². The third-order valence-electron chi connectivity index (χ3n) is 20.7. The zero-order valence-electron chi connectivity index (χ0n) is 63.9. The standard InChI is InChI=1S/C49H45BN4.C49H47ClN4/c1-48(2,3)34-21-25-38(26-22-34)52(39-27-23-35(24-28-39)49(4,5)6)40-29-30-42-44(31-40)54(37-17-11-8-12-18-37)46-33-51-32-45-47(46)50(42)41-19-13-14-20-43(41)53(45)36-15-9-7-10-16-36;1-48(2,3)36-25-29-41(30-26-36)52(42-31-27-37(28-32-42)49(4,5)6)43-23-16-24-44(33-43)54(40-21-14-9-15-22-40)46-35-51-34-45(47(46)50)53(38-17-10-7-11-18-38)39-19-12-8-13-20-39/h7-33H,1-6H3;7-35H,1-6H3. The highest BCUT2D eigenvalue weighted by Crippen LogP contribution is 2.50. The SMILES string of the molecule is CC(C)(C)c1ccc(N(c2ccc(C(C)(C)C)cc2)c2ccc3c(c2)N(c2ccccc2)c2cncc4c2B3c2ccccc2N4c2ccccc2)cc1.CC(C)(C)c1ccc(N(c2ccc(C(C)(C)C)cc2)c2cccc(N(c3ccccc3)c3cncc(N(c4ccccc4)c4ccccc4)c3Cl)c2)cc1. The van der Waals surface area contributed by atoms with Crippen LogP contribution in [0.4, 0.5) is 102 Å². The first kappa shape index (κ1) is 71.7. The van der Waals surface area contributed by atoms with Gasteiger partial charge in [-0.05, 0) is 206 Å². The molecule has 16 rings (SSSR count). The van der Waals surface area contributed by atoms with Crippen LogP contribution in [0.15, 0.2) is 340 Å². The van der Waals surface area contributed by atoms with E-state index in [0.717, 1.165) is 96.7 Å². The summed E-state index contributed by atoms with van der Waals surface area (Å²) >= 11 is 7.56. The lowest BCUT2D eigenvalue weighted by atomic mass is 9.33. The number of hydrogen-bond donors (Lipinski definition) is 0. The number of anilines is 18. The number of pyridine rings is 2. The van der Waals surface area contributed by atoms with Crippen molar-refractivity contribution in [3.05, 3.63) is 368 Å². The smallest absolute Gasteiger partial charge is 0.252 e. The highest BCUT2D eigenvalue weighted by Gasteiger charge is 2.44. The van der Waals surface area contributed by atoms with E-state index >= 15 is 0 Å². The van der Waals surface area contributed by atoms with Crippen LogP contribution in [0, 0.1) is 0 Å². The third kappa shape index (κ3) is 14.4. The van der Waals surface area contributed by atoms with Crippen LogP contribution >= 0.6 is 11.6 Å². The maximum Gasteiger partial charge on any atom is 0.252 e. The van der Waals surface area contributed by atoms with Gasteiger partial charge in [-0.25, -0.2) is 0 Å². The molecule has 4 heterocycles. The lowest BCUT2D eigenvalue weighted by Gasteiger charge is -2.44. The zero-order valence-corrected chi connectivity index (χ0v) is 64.6. The van der Waals surface area contributed by atoms with E-state index in [-0.39, 0.29) is 28.4 Å². The van der Waals surface area contributed by atoms with Gasteiger partial charge in [0.15, 0.2) is 0 Å². The molecule has 2 aliphatic heterocycles. The first-order chi connectivity index (χ1) is 52.1. The van der Waals surface area contributed by atoms with Gasteiger partial charge in [0.1, 0.15) is 0 Å². The Morgan fingerprint density at radius 2 is 0.546 bits per heavy atom. The number of aromatic nitrogens is 2. The maximum absolute atomic E-state index is 7.56. The molecular weight excluding hydrogens is 1340 g/mol. The number of rotatable bonds is 14. The maximum atomic E-state index is 7.56. The van der Waals surface area contributed by atoms with Crippen molar-refractivity contribution in [2.45, 2.75) is 105 Å². The van der Waals surface area contributed by atoms with Crippen molar-refractivity contribution < 1.29 is 0 Å². The van der Waals surface area contributed by atoms with E-state index in [1.807, 2.05) is 61.1 Å². The van der Waals surface area contributed by atoms with Crippen LogP contribution in [-0.2, 0) is 21.7 Å². The Bertz CT molecular complexity index is 5290. The second-order valence-corrected chi connectivity index (χ2v) is 32.6. The van der Waals surface area contributed by atoms with Crippen LogP contribution in [0.5, 0.6) is 0 Å². The van der Waals surface area contributed by atoms with E-state index in [1.165, 1.54) is 44.3 Å². The molecular formula is C98H92BClN8. The fraction of sp³-hybridized carbons (Fsp3) is 0.163. The van der Waals surface area contributed by atoms with Gasteiger partial charge in [0.05, 0.1) is 52.6 Å². The number of halogens is 1. The van der Waals surface area contributed by atoms with Crippen molar-refractivity contribution in [3.63, 3.8) is 0 Å². The van der Waals surface area contributed by atoms with E-state index in [1.54, 1.807) is 0 Å². The molecule has 0 N–H and O–H groups in total. The van der Waals surface area contributed by atoms with Gasteiger partial charge in [0, 0.05) is 79.6 Å². The van der Waals surface area contributed by atoms with Gasteiger partial charge in [0.2, 0.25) is 0 Å². The van der Waals surface area contributed by atoms with Crippen LogP contribution in [0.3, 0.4) is 0 Å². The van der Waals surface area contributed by atoms with E-state index in [4.69, 9.17) is 21.6 Å². The van der Waals surface area contributed by atoms with Crippen molar-refractivity contribution in [3.8, 4) is 0 Å². The molecule has 0 radical (unpaired) electrons. The Hall–Kier alpha value is -11.9. The van der Waals surface area contributed by atoms with Crippen molar-refractivity contribution in [2.75, 3.05) is 29.4 Å². The highest BCUT2D eigenvalue weighted by molar-refractivity contribution is 7.00. The molecule has 0 amide bonds. The summed E-state index contributed by atoms with van der Waals surface area (Å²) in [6.07, 6.45) is 7.80. The summed E-state index contributed by atoms with van der Waals surface area (Å²) in [5.41, 5.74) is 28.0. The Morgan fingerprint density at radius 3 is 0.935 bits per heavy atom. The van der Waals surface area contributed by atoms with Crippen molar-refractivity contribution in [1.82, 2.24) is 9.97 Å². The molecule has 0 aliphatic carbocycles. The zero-order chi connectivity index (χ0) is 75.1. The first-order valence-electron chi connectivity index (χ1n) is 37.5. The first-order valence-corrected chi connectivity index (χ1v) is 37.9. The molecule has 0 saturated heterocycles. The lowest BCUT2D eigenvalue weighted by molar-refractivity contribution is 0.590. The van der Waals surface area contributed by atoms with Gasteiger partial charge in [-0.3, -0.25) is 9.97 Å². The number of hydrogen-bond acceptors (Lipinski definition) is 8. The molecule has 8 nitrogen and oxygen atoms in total. The molecule has 534 valence electrons. The van der Waals surface area contributed by atoms with E-state index < -0.39 is 0 Å². The molecule has 14 aromatic rings. The average Bonchev–Trinajstić information content (AvgIpc) is 0.699. The number of nitrogens with zero attached hydrogens (tertiary/aromatic N) is 8. The van der Waals surface area contributed by atoms with Crippen molar-refractivity contribution in [1.29, 1.82) is 0 Å². The summed E-state index contributed by atoms with van der Waals surface area (Å²) in [4.78, 5) is 23.6. The van der Waals surface area contributed by atoms with Gasteiger partial charge in [0.25, 0.3) is 6.71 Å². The number of para-hydroxylation sites is 6. The summed E-state index contributed by atoms with van der Waals surface area (Å²) in [6, 6.07) is 113. The highest BCUT2D eigenvalue weighted by atomic mass is 35.5. The molecule has 0 bridgehead atoms. The normalized spacial score (nSPS) is 12.4. The molecule has 0 spiro atoms. The average molecular weight is 1430 g/mol. The molecule has 0 atom stereocenters. The van der Waals surface area contributed by atoms with E-state index in [9.17, 15) is 0 Å². The summed E-state index contributed by atoms with van der Waals surface area (Å²) in [7, 11) is 0. The molecule has 10 heteroatoms. The van der Waals surface area contributed by atoms with Crippen LogP contribution in [0.25, 0.3) is 0 Å². The van der Waals surface area contributed by atoms with Crippen LogP contribution in [-0.4, -0.2) is 16.7 Å². The second kappa shape index (κ2) is 29.4. The summed E-state index contributed by atoms with van der Waals surface area (Å²) < 4.78 is 0. The molecule has 2 aromatic heterocycles. The summed E-state index contributed by atoms with van der Waals surface area (Å²) in [5.74, 6) is 0. The monoisotopic (exact) mass is 1430 g/mol. The second-order valence-electron chi connectivity index (χ2n) is 32.2. The van der Waals surface area contributed by atoms with E-state index in [0.29, 0.717) is 5.02 Å². The largest absolute Gasteiger partial charge is 0.310 e. The minimum atomic E-state index is 0.0313. The van der Waals surface area contributed by atoms with Gasteiger partial charge in [-0.2, -0.15) is 0 Å². The molecule has 0 saturated carbocycles. The summed E-state index contributed by atoms with van der Waals surface area (Å²) in [5, 5.41) is 0.583. The minimum Gasteiger partial charge on any atom is -0.310 e. The van der Waals surface area contributed by atoms with Crippen molar-refractivity contribution in [2.24, 2.45) is 0 Å². The number of benzene rings is 12. The summed E-state index contributed by atoms with van der Waals surface area (Å²) in [6.45, 7) is 27.2. The molecule has 0 unspecified atom stereocenters. The van der Waals surface area contributed by atoms with Crippen LogP contribution in [0.1, 0.15) is 105 Å². The Morgan fingerprint density at radius 1 is 0.259 bits per heavy atom. The third-order valence-corrected chi connectivity index (χ3v) is 21.1. The fourth-order valence-corrected chi connectivity index (χ4v) is 15.3. The van der Waals surface area contributed by atoms with Gasteiger partial charge < -0.3 is 29.4 Å². The van der Waals surface area contributed by atoms with Crippen LogP contribution < -0.4 is 45.8 Å².